The SMILES string of the molecule is Cc1ncccc1Oc1ccccc1CCl. The molecule has 0 atom stereocenters. The van der Waals surface area contributed by atoms with Gasteiger partial charge in [-0.05, 0) is 25.1 Å². The van der Waals surface area contributed by atoms with Crippen LogP contribution < -0.4 is 4.74 Å². The molecule has 0 aliphatic rings. The number of para-hydroxylation sites is 1. The molecular formula is C13H12ClNO. The van der Waals surface area contributed by atoms with E-state index in [2.05, 4.69) is 4.98 Å². The number of pyridine rings is 1. The van der Waals surface area contributed by atoms with E-state index in [4.69, 9.17) is 16.3 Å². The van der Waals surface area contributed by atoms with Crippen LogP contribution in [0.1, 0.15) is 11.3 Å². The summed E-state index contributed by atoms with van der Waals surface area (Å²) in [5.74, 6) is 1.99. The van der Waals surface area contributed by atoms with E-state index in [1.54, 1.807) is 6.20 Å². The summed E-state index contributed by atoms with van der Waals surface area (Å²) in [6.07, 6.45) is 1.75. The van der Waals surface area contributed by atoms with Crippen LogP contribution in [0.4, 0.5) is 0 Å². The van der Waals surface area contributed by atoms with Crippen molar-refractivity contribution in [3.8, 4) is 11.5 Å². The fourth-order valence-electron chi connectivity index (χ4n) is 1.41. The van der Waals surface area contributed by atoms with Crippen molar-refractivity contribution in [3.05, 3.63) is 53.9 Å². The molecule has 0 amide bonds. The Bertz CT molecular complexity index is 485. The first-order chi connectivity index (χ1) is 7.81. The second kappa shape index (κ2) is 4.99. The van der Waals surface area contributed by atoms with Crippen molar-refractivity contribution in [1.29, 1.82) is 0 Å². The molecule has 82 valence electrons. The first-order valence-electron chi connectivity index (χ1n) is 5.04. The van der Waals surface area contributed by atoms with Crippen molar-refractivity contribution in [2.24, 2.45) is 0 Å². The van der Waals surface area contributed by atoms with Gasteiger partial charge >= 0.3 is 0 Å². The van der Waals surface area contributed by atoms with E-state index in [9.17, 15) is 0 Å². The van der Waals surface area contributed by atoms with Gasteiger partial charge in [0, 0.05) is 11.8 Å². The predicted octanol–water partition coefficient (Wildman–Crippen LogP) is 3.92. The van der Waals surface area contributed by atoms with E-state index < -0.39 is 0 Å². The maximum atomic E-state index is 5.84. The summed E-state index contributed by atoms with van der Waals surface area (Å²) < 4.78 is 5.78. The summed E-state index contributed by atoms with van der Waals surface area (Å²) in [7, 11) is 0. The van der Waals surface area contributed by atoms with Gasteiger partial charge in [-0.2, -0.15) is 0 Å². The molecule has 0 saturated carbocycles. The molecule has 1 aromatic heterocycles. The molecule has 0 bridgehead atoms. The average Bonchev–Trinajstić information content (AvgIpc) is 2.33. The van der Waals surface area contributed by atoms with E-state index in [-0.39, 0.29) is 0 Å². The smallest absolute Gasteiger partial charge is 0.148 e. The predicted molar refractivity (Wildman–Crippen MR) is 65.0 cm³/mol. The zero-order chi connectivity index (χ0) is 11.4. The minimum Gasteiger partial charge on any atom is -0.455 e. The van der Waals surface area contributed by atoms with Crippen molar-refractivity contribution in [2.45, 2.75) is 12.8 Å². The third-order valence-corrected chi connectivity index (χ3v) is 2.58. The Morgan fingerprint density at radius 3 is 2.62 bits per heavy atom. The minimum absolute atomic E-state index is 0.440. The van der Waals surface area contributed by atoms with Gasteiger partial charge < -0.3 is 4.74 Å². The fourth-order valence-corrected chi connectivity index (χ4v) is 1.63. The number of benzene rings is 1. The topological polar surface area (TPSA) is 22.1 Å². The molecular weight excluding hydrogens is 222 g/mol. The number of hydrogen-bond donors (Lipinski definition) is 0. The molecule has 0 spiro atoms. The first-order valence-corrected chi connectivity index (χ1v) is 5.58. The molecule has 2 aromatic rings. The van der Waals surface area contributed by atoms with Crippen LogP contribution in [0, 0.1) is 6.92 Å². The molecule has 0 aliphatic heterocycles. The summed E-state index contributed by atoms with van der Waals surface area (Å²) in [4.78, 5) is 4.17. The summed E-state index contributed by atoms with van der Waals surface area (Å²) in [5, 5.41) is 0. The standard InChI is InChI=1S/C13H12ClNO/c1-10-12(7-4-8-15-10)16-13-6-3-2-5-11(13)9-14/h2-8H,9H2,1H3. The van der Waals surface area contributed by atoms with Crippen LogP contribution in [-0.4, -0.2) is 4.98 Å². The summed E-state index contributed by atoms with van der Waals surface area (Å²) in [5.41, 5.74) is 1.85. The second-order valence-electron chi connectivity index (χ2n) is 3.43. The third kappa shape index (κ3) is 2.34. The number of rotatable bonds is 3. The molecule has 16 heavy (non-hydrogen) atoms. The number of aryl methyl sites for hydroxylation is 1. The first kappa shape index (κ1) is 11.0. The minimum atomic E-state index is 0.440. The van der Waals surface area contributed by atoms with Crippen LogP contribution in [0.3, 0.4) is 0 Å². The Morgan fingerprint density at radius 2 is 1.88 bits per heavy atom. The largest absolute Gasteiger partial charge is 0.455 e. The number of alkyl halides is 1. The maximum absolute atomic E-state index is 5.84. The lowest BCUT2D eigenvalue weighted by Crippen LogP contribution is -1.92. The van der Waals surface area contributed by atoms with Crippen LogP contribution in [0.2, 0.25) is 0 Å². The fraction of sp³-hybridized carbons (Fsp3) is 0.154. The van der Waals surface area contributed by atoms with Crippen molar-refractivity contribution in [1.82, 2.24) is 4.98 Å². The molecule has 0 N–H and O–H groups in total. The molecule has 3 heteroatoms. The van der Waals surface area contributed by atoms with Crippen LogP contribution in [0.5, 0.6) is 11.5 Å². The van der Waals surface area contributed by atoms with Gasteiger partial charge in [0.1, 0.15) is 11.5 Å². The Balaban J connectivity index is 2.30. The number of halogens is 1. The van der Waals surface area contributed by atoms with Gasteiger partial charge in [0.2, 0.25) is 0 Å². The monoisotopic (exact) mass is 233 g/mol. The molecule has 0 unspecified atom stereocenters. The molecule has 0 radical (unpaired) electrons. The van der Waals surface area contributed by atoms with Crippen LogP contribution in [0.15, 0.2) is 42.6 Å². The molecule has 0 saturated heterocycles. The second-order valence-corrected chi connectivity index (χ2v) is 3.70. The van der Waals surface area contributed by atoms with E-state index in [0.29, 0.717) is 5.88 Å². The summed E-state index contributed by atoms with van der Waals surface area (Å²) in [6, 6.07) is 11.5. The Morgan fingerprint density at radius 1 is 1.12 bits per heavy atom. The van der Waals surface area contributed by atoms with Gasteiger partial charge in [-0.25, -0.2) is 0 Å². The van der Waals surface area contributed by atoms with Crippen molar-refractivity contribution < 1.29 is 4.74 Å². The van der Waals surface area contributed by atoms with Gasteiger partial charge in [-0.15, -0.1) is 11.6 Å². The molecule has 2 nitrogen and oxygen atoms in total. The lowest BCUT2D eigenvalue weighted by molar-refractivity contribution is 0.471. The zero-order valence-corrected chi connectivity index (χ0v) is 9.74. The van der Waals surface area contributed by atoms with Crippen LogP contribution in [0.25, 0.3) is 0 Å². The van der Waals surface area contributed by atoms with E-state index in [0.717, 1.165) is 22.8 Å². The molecule has 2 rings (SSSR count). The average molecular weight is 234 g/mol. The number of ether oxygens (including phenoxy) is 1. The highest BCUT2D eigenvalue weighted by molar-refractivity contribution is 6.17. The Hall–Kier alpha value is -1.54. The van der Waals surface area contributed by atoms with Crippen LogP contribution in [-0.2, 0) is 5.88 Å². The molecule has 1 aromatic carbocycles. The van der Waals surface area contributed by atoms with Gasteiger partial charge in [-0.3, -0.25) is 4.98 Å². The number of aromatic nitrogens is 1. The van der Waals surface area contributed by atoms with E-state index in [1.807, 2.05) is 43.3 Å². The highest BCUT2D eigenvalue weighted by Gasteiger charge is 2.05. The van der Waals surface area contributed by atoms with Crippen molar-refractivity contribution in [2.75, 3.05) is 0 Å². The normalized spacial score (nSPS) is 10.1. The van der Waals surface area contributed by atoms with Crippen molar-refractivity contribution in [3.63, 3.8) is 0 Å². The molecule has 1 heterocycles. The molecule has 0 fully saturated rings. The quantitative estimate of drug-likeness (QED) is 0.750. The molecule has 0 aliphatic carbocycles. The van der Waals surface area contributed by atoms with Gasteiger partial charge in [0.05, 0.1) is 11.6 Å². The summed E-state index contributed by atoms with van der Waals surface area (Å²) in [6.45, 7) is 1.92. The van der Waals surface area contributed by atoms with Crippen molar-refractivity contribution >= 4 is 11.6 Å². The van der Waals surface area contributed by atoms with Crippen LogP contribution >= 0.6 is 11.6 Å². The van der Waals surface area contributed by atoms with Gasteiger partial charge in [0.25, 0.3) is 0 Å². The highest BCUT2D eigenvalue weighted by atomic mass is 35.5. The Kier molecular flexibility index (Phi) is 3.42. The Labute approximate surface area is 99.9 Å². The highest BCUT2D eigenvalue weighted by Crippen LogP contribution is 2.27. The van der Waals surface area contributed by atoms with Gasteiger partial charge in [-0.1, -0.05) is 18.2 Å². The van der Waals surface area contributed by atoms with E-state index in [1.165, 1.54) is 0 Å². The van der Waals surface area contributed by atoms with E-state index >= 15 is 0 Å². The maximum Gasteiger partial charge on any atom is 0.148 e. The lowest BCUT2D eigenvalue weighted by atomic mass is 10.2. The number of nitrogens with zero attached hydrogens (tertiary/aromatic N) is 1. The lowest BCUT2D eigenvalue weighted by Gasteiger charge is -2.10. The number of hydrogen-bond acceptors (Lipinski definition) is 2. The summed E-state index contributed by atoms with van der Waals surface area (Å²) >= 11 is 5.84. The third-order valence-electron chi connectivity index (χ3n) is 2.29. The zero-order valence-electron chi connectivity index (χ0n) is 8.98. The van der Waals surface area contributed by atoms with Gasteiger partial charge in [0.15, 0.2) is 0 Å².